The zero-order valence-corrected chi connectivity index (χ0v) is 20.4. The second-order valence-electron chi connectivity index (χ2n) is 8.89. The van der Waals surface area contributed by atoms with Gasteiger partial charge in [0.1, 0.15) is 5.82 Å². The molecule has 2 aromatic carbocycles. The molecule has 0 aromatic heterocycles. The van der Waals surface area contributed by atoms with Crippen LogP contribution in [0.25, 0.3) is 0 Å². The van der Waals surface area contributed by atoms with Crippen molar-refractivity contribution in [3.05, 3.63) is 58.9 Å². The van der Waals surface area contributed by atoms with Crippen LogP contribution in [-0.2, 0) is 10.0 Å². The molecule has 0 unspecified atom stereocenters. The maximum absolute atomic E-state index is 13.3. The molecule has 0 atom stereocenters. The first-order chi connectivity index (χ1) is 14.9. The third-order valence-corrected chi connectivity index (χ3v) is 7.86. The number of hydrogen-bond donors (Lipinski definition) is 0. The van der Waals surface area contributed by atoms with Gasteiger partial charge in [0.05, 0.1) is 21.2 Å². The Morgan fingerprint density at radius 1 is 1.03 bits per heavy atom. The molecule has 32 heavy (non-hydrogen) atoms. The first-order valence-corrected chi connectivity index (χ1v) is 12.3. The number of nitrogens with zero attached hydrogens (tertiary/aromatic N) is 3. The Morgan fingerprint density at radius 3 is 2.31 bits per heavy atom. The fourth-order valence-corrected chi connectivity index (χ4v) is 5.16. The van der Waals surface area contributed by atoms with Crippen molar-refractivity contribution >= 4 is 33.2 Å². The van der Waals surface area contributed by atoms with Crippen LogP contribution >= 0.6 is 11.6 Å². The normalized spacial score (nSPS) is 16.0. The first kappa shape index (κ1) is 24.5. The molecule has 0 bridgehead atoms. The number of amides is 1. The molecular weight excluding hydrogens is 453 g/mol. The molecule has 3 rings (SSSR count). The second kappa shape index (κ2) is 9.37. The minimum atomic E-state index is -3.97. The van der Waals surface area contributed by atoms with Crippen LogP contribution in [0.3, 0.4) is 0 Å². The van der Waals surface area contributed by atoms with Crippen molar-refractivity contribution in [3.8, 4) is 0 Å². The SMILES string of the molecule is CN(c1ccc(F)cc1)S(=O)(=O)c1ccc(Cl)c(C(=O)N2CCCN(C(C)(C)C)CC2)c1. The molecule has 1 heterocycles. The van der Waals surface area contributed by atoms with Gasteiger partial charge < -0.3 is 4.90 Å². The molecule has 9 heteroatoms. The van der Waals surface area contributed by atoms with Crippen LogP contribution in [0.5, 0.6) is 0 Å². The average Bonchev–Trinajstić information content (AvgIpc) is 3.00. The van der Waals surface area contributed by atoms with Crippen LogP contribution in [-0.4, -0.2) is 62.9 Å². The minimum Gasteiger partial charge on any atom is -0.337 e. The highest BCUT2D eigenvalue weighted by atomic mass is 35.5. The summed E-state index contributed by atoms with van der Waals surface area (Å²) < 4.78 is 40.6. The monoisotopic (exact) mass is 481 g/mol. The summed E-state index contributed by atoms with van der Waals surface area (Å²) in [6, 6.07) is 9.28. The van der Waals surface area contributed by atoms with Gasteiger partial charge >= 0.3 is 0 Å². The van der Waals surface area contributed by atoms with Crippen LogP contribution in [0.15, 0.2) is 47.4 Å². The molecule has 1 saturated heterocycles. The van der Waals surface area contributed by atoms with Gasteiger partial charge in [0.15, 0.2) is 0 Å². The largest absolute Gasteiger partial charge is 0.337 e. The van der Waals surface area contributed by atoms with E-state index < -0.39 is 15.8 Å². The standard InChI is InChI=1S/C23H29ClFN3O3S/c1-23(2,3)28-13-5-12-27(14-15-28)22(29)20-16-19(10-11-21(20)24)32(30,31)26(4)18-8-6-17(25)7-9-18/h6-11,16H,5,12-15H2,1-4H3. The number of carbonyl (C=O) groups excluding carboxylic acids is 1. The van der Waals surface area contributed by atoms with Crippen molar-refractivity contribution in [3.63, 3.8) is 0 Å². The molecule has 6 nitrogen and oxygen atoms in total. The Morgan fingerprint density at radius 2 is 1.69 bits per heavy atom. The fourth-order valence-electron chi connectivity index (χ4n) is 3.74. The van der Waals surface area contributed by atoms with Gasteiger partial charge in [0.25, 0.3) is 15.9 Å². The molecule has 0 N–H and O–H groups in total. The Labute approximate surface area is 194 Å². The smallest absolute Gasteiger partial charge is 0.264 e. The predicted molar refractivity (Wildman–Crippen MR) is 125 cm³/mol. The molecule has 0 radical (unpaired) electrons. The lowest BCUT2D eigenvalue weighted by Crippen LogP contribution is -2.44. The summed E-state index contributed by atoms with van der Waals surface area (Å²) in [5.74, 6) is -0.742. The third-order valence-electron chi connectivity index (χ3n) is 5.75. The second-order valence-corrected chi connectivity index (χ2v) is 11.3. The van der Waals surface area contributed by atoms with E-state index in [9.17, 15) is 17.6 Å². The minimum absolute atomic E-state index is 0.00956. The maximum atomic E-state index is 13.3. The lowest BCUT2D eigenvalue weighted by molar-refractivity contribution is 0.0749. The number of anilines is 1. The van der Waals surface area contributed by atoms with Gasteiger partial charge in [-0.2, -0.15) is 0 Å². The summed E-state index contributed by atoms with van der Waals surface area (Å²) in [5.41, 5.74) is 0.476. The quantitative estimate of drug-likeness (QED) is 0.655. The topological polar surface area (TPSA) is 60.9 Å². The van der Waals surface area contributed by atoms with Crippen molar-refractivity contribution in [1.29, 1.82) is 0 Å². The van der Waals surface area contributed by atoms with Crippen LogP contribution in [0, 0.1) is 5.82 Å². The molecule has 1 aliphatic heterocycles. The van der Waals surface area contributed by atoms with Crippen LogP contribution < -0.4 is 4.31 Å². The molecular formula is C23H29ClFN3O3S. The van der Waals surface area contributed by atoms with Crippen molar-refractivity contribution in [2.45, 2.75) is 37.6 Å². The number of carbonyl (C=O) groups is 1. The molecule has 1 fully saturated rings. The number of benzene rings is 2. The number of hydrogen-bond acceptors (Lipinski definition) is 4. The first-order valence-electron chi connectivity index (χ1n) is 10.5. The van der Waals surface area contributed by atoms with Gasteiger partial charge in [-0.1, -0.05) is 11.6 Å². The Bertz CT molecular complexity index is 1080. The van der Waals surface area contributed by atoms with Crippen molar-refractivity contribution in [1.82, 2.24) is 9.80 Å². The van der Waals surface area contributed by atoms with E-state index in [1.54, 1.807) is 4.90 Å². The highest BCUT2D eigenvalue weighted by Gasteiger charge is 2.29. The van der Waals surface area contributed by atoms with Crippen molar-refractivity contribution in [2.24, 2.45) is 0 Å². The van der Waals surface area contributed by atoms with Gasteiger partial charge in [0, 0.05) is 38.8 Å². The fraction of sp³-hybridized carbons (Fsp3) is 0.435. The highest BCUT2D eigenvalue weighted by molar-refractivity contribution is 7.92. The molecule has 174 valence electrons. The summed E-state index contributed by atoms with van der Waals surface area (Å²) in [6.45, 7) is 9.18. The Hall–Kier alpha value is -2.16. The van der Waals surface area contributed by atoms with Gasteiger partial charge in [-0.05, 0) is 69.7 Å². The van der Waals surface area contributed by atoms with Crippen LogP contribution in [0.2, 0.25) is 5.02 Å². The highest BCUT2D eigenvalue weighted by Crippen LogP contribution is 2.27. The van der Waals surface area contributed by atoms with Gasteiger partial charge in [-0.3, -0.25) is 14.0 Å². The number of rotatable bonds is 4. The summed E-state index contributed by atoms with van der Waals surface area (Å²) in [5, 5.41) is 0.204. The zero-order chi connectivity index (χ0) is 23.7. The summed E-state index contributed by atoms with van der Waals surface area (Å²) in [4.78, 5) is 17.3. The predicted octanol–water partition coefficient (Wildman–Crippen LogP) is 4.25. The van der Waals surface area contributed by atoms with Gasteiger partial charge in [-0.15, -0.1) is 0 Å². The van der Waals surface area contributed by atoms with Crippen molar-refractivity contribution < 1.29 is 17.6 Å². The Balaban J connectivity index is 1.86. The lowest BCUT2D eigenvalue weighted by atomic mass is 10.1. The molecule has 2 aromatic rings. The Kier molecular flexibility index (Phi) is 7.17. The average molecular weight is 482 g/mol. The molecule has 0 spiro atoms. The molecule has 0 saturated carbocycles. The number of sulfonamides is 1. The van der Waals surface area contributed by atoms with E-state index in [4.69, 9.17) is 11.6 Å². The van der Waals surface area contributed by atoms with Crippen LogP contribution in [0.1, 0.15) is 37.6 Å². The molecule has 1 amide bonds. The summed E-state index contributed by atoms with van der Waals surface area (Å²) >= 11 is 6.31. The zero-order valence-electron chi connectivity index (χ0n) is 18.8. The number of halogens is 2. The van der Waals surface area contributed by atoms with E-state index in [2.05, 4.69) is 25.7 Å². The van der Waals surface area contributed by atoms with Gasteiger partial charge in [0.2, 0.25) is 0 Å². The van der Waals surface area contributed by atoms with Crippen molar-refractivity contribution in [2.75, 3.05) is 37.5 Å². The maximum Gasteiger partial charge on any atom is 0.264 e. The van der Waals surface area contributed by atoms with E-state index in [1.807, 2.05) is 0 Å². The van der Waals surface area contributed by atoms with E-state index in [0.717, 1.165) is 23.8 Å². The molecule has 0 aliphatic carbocycles. The van der Waals surface area contributed by atoms with E-state index in [1.165, 1.54) is 49.5 Å². The third kappa shape index (κ3) is 5.24. The lowest BCUT2D eigenvalue weighted by Gasteiger charge is -2.34. The molecule has 1 aliphatic rings. The summed E-state index contributed by atoms with van der Waals surface area (Å²) in [6.07, 6.45) is 0.825. The van der Waals surface area contributed by atoms with E-state index in [-0.39, 0.29) is 26.9 Å². The van der Waals surface area contributed by atoms with E-state index >= 15 is 0 Å². The summed E-state index contributed by atoms with van der Waals surface area (Å²) in [7, 11) is -2.59. The van der Waals surface area contributed by atoms with E-state index in [0.29, 0.717) is 18.8 Å². The van der Waals surface area contributed by atoms with Crippen LogP contribution in [0.4, 0.5) is 10.1 Å². The van der Waals surface area contributed by atoms with Gasteiger partial charge in [-0.25, -0.2) is 12.8 Å².